The molecule has 3 heterocycles. The average Bonchev–Trinajstić information content (AvgIpc) is 3.26. The van der Waals surface area contributed by atoms with Gasteiger partial charge in [0, 0.05) is 62.0 Å². The monoisotopic (exact) mass is 609 g/mol. The standard InChI is InChI=1S/C33H34ClN7O.C2H6/c1-23-36-13-15-39(23)14-11-25-20-26-4-2-3-12-37-31(26)32(29-10-7-27(34)21-30(25)29)40-16-18-41(19-17-40)33(42)38-28-8-5-24(22-35)6-9-28;1-2/h5-10,12-13,15,20-21,32H,2-4,11,14,16-19H2,1H3,(H,38,42);1-2H3. The number of halogens is 1. The SMILES string of the molecule is CC.Cc1nccn1CCC1=CC2=C(N=CCCC2)C(N2CCN(C(=O)Nc3ccc(C#N)cc3)CC2)c2ccc(Cl)cc21. The molecule has 1 fully saturated rings. The van der Waals surface area contributed by atoms with Gasteiger partial charge in [-0.3, -0.25) is 9.89 Å². The Kier molecular flexibility index (Phi) is 10.3. The number of hydrogen-bond donors (Lipinski definition) is 1. The van der Waals surface area contributed by atoms with Gasteiger partial charge in [-0.05, 0) is 91.3 Å². The Labute approximate surface area is 265 Å². The van der Waals surface area contributed by atoms with Crippen molar-refractivity contribution in [2.75, 3.05) is 31.5 Å². The van der Waals surface area contributed by atoms with Crippen molar-refractivity contribution in [3.05, 3.63) is 99.7 Å². The lowest BCUT2D eigenvalue weighted by Crippen LogP contribution is -2.51. The highest BCUT2D eigenvalue weighted by Crippen LogP contribution is 2.43. The van der Waals surface area contributed by atoms with Crippen molar-refractivity contribution < 1.29 is 4.79 Å². The van der Waals surface area contributed by atoms with Crippen LogP contribution in [0.1, 0.15) is 68.1 Å². The van der Waals surface area contributed by atoms with Gasteiger partial charge < -0.3 is 14.8 Å². The molecule has 1 aliphatic carbocycles. The number of urea groups is 1. The van der Waals surface area contributed by atoms with E-state index in [1.165, 1.54) is 22.3 Å². The molecular formula is C35H40ClN7O. The van der Waals surface area contributed by atoms with Crippen LogP contribution in [0.15, 0.2) is 77.2 Å². The number of hydrogen-bond acceptors (Lipinski definition) is 5. The smallest absolute Gasteiger partial charge is 0.321 e. The van der Waals surface area contributed by atoms with E-state index in [0.717, 1.165) is 61.9 Å². The van der Waals surface area contributed by atoms with Crippen LogP contribution in [0.2, 0.25) is 5.02 Å². The molecule has 0 bridgehead atoms. The Hall–Kier alpha value is -4.19. The van der Waals surface area contributed by atoms with Gasteiger partial charge in [-0.15, -0.1) is 0 Å². The van der Waals surface area contributed by atoms with E-state index in [1.807, 2.05) is 44.1 Å². The Morgan fingerprint density at radius 1 is 1.11 bits per heavy atom. The summed E-state index contributed by atoms with van der Waals surface area (Å²) in [5, 5.41) is 12.7. The number of amides is 2. The molecular weight excluding hydrogens is 570 g/mol. The van der Waals surface area contributed by atoms with Gasteiger partial charge in [-0.1, -0.05) is 37.6 Å². The van der Waals surface area contributed by atoms with Crippen molar-refractivity contribution in [3.8, 4) is 6.07 Å². The average molecular weight is 610 g/mol. The molecule has 8 nitrogen and oxygen atoms in total. The number of piperazine rings is 1. The molecule has 1 unspecified atom stereocenters. The minimum Gasteiger partial charge on any atom is -0.335 e. The summed E-state index contributed by atoms with van der Waals surface area (Å²) < 4.78 is 2.19. The van der Waals surface area contributed by atoms with Crippen LogP contribution in [0.5, 0.6) is 0 Å². The van der Waals surface area contributed by atoms with Crippen LogP contribution in [0.3, 0.4) is 0 Å². The second-order valence-electron chi connectivity index (χ2n) is 11.0. The van der Waals surface area contributed by atoms with Crippen LogP contribution in [0.25, 0.3) is 5.57 Å². The molecule has 228 valence electrons. The number of nitriles is 1. The number of rotatable bonds is 5. The number of imidazole rings is 1. The van der Waals surface area contributed by atoms with E-state index in [9.17, 15) is 4.79 Å². The maximum absolute atomic E-state index is 13.1. The topological polar surface area (TPSA) is 89.6 Å². The predicted molar refractivity (Wildman–Crippen MR) is 178 cm³/mol. The Morgan fingerprint density at radius 3 is 2.59 bits per heavy atom. The minimum absolute atomic E-state index is 0.0194. The number of benzene rings is 2. The van der Waals surface area contributed by atoms with Crippen molar-refractivity contribution >= 4 is 35.1 Å². The normalized spacial score (nSPS) is 18.1. The van der Waals surface area contributed by atoms with Crippen LogP contribution in [0.4, 0.5) is 10.5 Å². The zero-order chi connectivity index (χ0) is 31.1. The maximum Gasteiger partial charge on any atom is 0.321 e. The van der Waals surface area contributed by atoms with Crippen molar-refractivity contribution in [1.82, 2.24) is 19.4 Å². The first kappa shape index (κ1) is 31.2. The molecule has 2 aromatic carbocycles. The Morgan fingerprint density at radius 2 is 1.89 bits per heavy atom. The highest BCUT2D eigenvalue weighted by molar-refractivity contribution is 6.30. The molecule has 0 saturated carbocycles. The summed E-state index contributed by atoms with van der Waals surface area (Å²) in [6.45, 7) is 9.54. The van der Waals surface area contributed by atoms with E-state index >= 15 is 0 Å². The van der Waals surface area contributed by atoms with Crippen molar-refractivity contribution in [1.29, 1.82) is 5.26 Å². The van der Waals surface area contributed by atoms with Gasteiger partial charge in [0.1, 0.15) is 5.82 Å². The molecule has 3 aromatic rings. The number of aliphatic imine (C=N–C) groups is 1. The number of nitrogens with zero attached hydrogens (tertiary/aromatic N) is 6. The van der Waals surface area contributed by atoms with Crippen LogP contribution < -0.4 is 5.32 Å². The van der Waals surface area contributed by atoms with Crippen LogP contribution in [-0.4, -0.2) is 57.8 Å². The number of aryl methyl sites for hydroxylation is 2. The molecule has 6 rings (SSSR count). The van der Waals surface area contributed by atoms with Crippen LogP contribution in [0, 0.1) is 18.3 Å². The van der Waals surface area contributed by atoms with Crippen molar-refractivity contribution in [2.24, 2.45) is 4.99 Å². The van der Waals surface area contributed by atoms with E-state index in [-0.39, 0.29) is 12.1 Å². The third kappa shape index (κ3) is 6.96. The van der Waals surface area contributed by atoms with Crippen molar-refractivity contribution in [2.45, 2.75) is 59.0 Å². The fourth-order valence-electron chi connectivity index (χ4n) is 6.10. The summed E-state index contributed by atoms with van der Waals surface area (Å²) in [5.41, 5.74) is 7.31. The summed E-state index contributed by atoms with van der Waals surface area (Å²) >= 11 is 6.60. The Balaban J connectivity index is 0.00000188. The van der Waals surface area contributed by atoms with Gasteiger partial charge >= 0.3 is 6.03 Å². The molecule has 0 radical (unpaired) electrons. The molecule has 9 heteroatoms. The largest absolute Gasteiger partial charge is 0.335 e. The molecule has 1 atom stereocenters. The second-order valence-corrected chi connectivity index (χ2v) is 11.4. The molecule has 1 N–H and O–H groups in total. The lowest BCUT2D eigenvalue weighted by molar-refractivity contribution is 0.124. The molecule has 2 aliphatic heterocycles. The Bertz CT molecular complexity index is 1600. The summed E-state index contributed by atoms with van der Waals surface area (Å²) in [4.78, 5) is 26.9. The highest BCUT2D eigenvalue weighted by Gasteiger charge is 2.34. The van der Waals surface area contributed by atoms with Gasteiger partial charge in [0.2, 0.25) is 0 Å². The minimum atomic E-state index is -0.126. The van der Waals surface area contributed by atoms with E-state index in [2.05, 4.69) is 50.3 Å². The molecule has 44 heavy (non-hydrogen) atoms. The summed E-state index contributed by atoms with van der Waals surface area (Å²) in [5.74, 6) is 1.01. The fraction of sp³-hybridized carbons (Fsp3) is 0.371. The number of aromatic nitrogens is 2. The number of anilines is 1. The lowest BCUT2D eigenvalue weighted by atomic mass is 9.92. The second kappa shape index (κ2) is 14.5. The zero-order valence-electron chi connectivity index (χ0n) is 25.8. The maximum atomic E-state index is 13.1. The molecule has 3 aliphatic rings. The van der Waals surface area contributed by atoms with E-state index in [1.54, 1.807) is 24.3 Å². The van der Waals surface area contributed by atoms with Crippen LogP contribution >= 0.6 is 11.6 Å². The molecule has 0 spiro atoms. The predicted octanol–water partition coefficient (Wildman–Crippen LogP) is 7.63. The third-order valence-corrected chi connectivity index (χ3v) is 8.61. The van der Waals surface area contributed by atoms with Gasteiger partial charge in [0.15, 0.2) is 0 Å². The van der Waals surface area contributed by atoms with Gasteiger partial charge in [-0.25, -0.2) is 9.78 Å². The van der Waals surface area contributed by atoms with Gasteiger partial charge in [0.25, 0.3) is 0 Å². The summed E-state index contributed by atoms with van der Waals surface area (Å²) in [6.07, 6.45) is 12.2. The molecule has 1 saturated heterocycles. The van der Waals surface area contributed by atoms with E-state index in [4.69, 9.17) is 21.9 Å². The third-order valence-electron chi connectivity index (χ3n) is 8.38. The van der Waals surface area contributed by atoms with Crippen LogP contribution in [-0.2, 0) is 6.54 Å². The number of carbonyl (C=O) groups excluding carboxylic acids is 1. The number of allylic oxidation sites excluding steroid dienone is 3. The summed E-state index contributed by atoms with van der Waals surface area (Å²) in [7, 11) is 0. The molecule has 2 amide bonds. The number of fused-ring (bicyclic) bond motifs is 1. The van der Waals surface area contributed by atoms with Gasteiger partial charge in [-0.2, -0.15) is 5.26 Å². The van der Waals surface area contributed by atoms with Crippen molar-refractivity contribution in [3.63, 3.8) is 0 Å². The first-order chi connectivity index (χ1) is 21.5. The lowest BCUT2D eigenvalue weighted by Gasteiger charge is -2.40. The molecule has 1 aromatic heterocycles. The zero-order valence-corrected chi connectivity index (χ0v) is 26.5. The first-order valence-electron chi connectivity index (χ1n) is 15.5. The fourth-order valence-corrected chi connectivity index (χ4v) is 6.27. The first-order valence-corrected chi connectivity index (χ1v) is 15.9. The number of carbonyl (C=O) groups is 1. The number of nitrogens with one attached hydrogen (secondary N) is 1. The van der Waals surface area contributed by atoms with E-state index < -0.39 is 0 Å². The van der Waals surface area contributed by atoms with E-state index in [0.29, 0.717) is 24.3 Å². The highest BCUT2D eigenvalue weighted by atomic mass is 35.5. The summed E-state index contributed by atoms with van der Waals surface area (Å²) in [6, 6.07) is 15.2. The van der Waals surface area contributed by atoms with Gasteiger partial charge in [0.05, 0.1) is 23.4 Å². The quantitative estimate of drug-likeness (QED) is 0.322.